The predicted molar refractivity (Wildman–Crippen MR) is 51.4 cm³/mol. The van der Waals surface area contributed by atoms with Crippen LogP contribution in [0, 0.1) is 0 Å². The molecule has 2 rings (SSSR count). The number of aromatic nitrogens is 1. The van der Waals surface area contributed by atoms with E-state index in [9.17, 15) is 9.90 Å². The van der Waals surface area contributed by atoms with Gasteiger partial charge in [-0.3, -0.25) is 0 Å². The first-order chi connectivity index (χ1) is 7.11. The van der Waals surface area contributed by atoms with E-state index in [4.69, 9.17) is 10.2 Å². The molecular weight excluding hydrogens is 200 g/mol. The van der Waals surface area contributed by atoms with Crippen LogP contribution in [0.1, 0.15) is 10.4 Å². The molecule has 0 aliphatic heterocycles. The van der Waals surface area contributed by atoms with Gasteiger partial charge >= 0.3 is 5.97 Å². The Balaban J connectivity index is 2.66. The number of esters is 1. The van der Waals surface area contributed by atoms with Crippen LogP contribution in [0.5, 0.6) is 5.75 Å². The molecule has 0 saturated heterocycles. The Morgan fingerprint density at radius 1 is 1.60 bits per heavy atom. The standard InChI is InChI=1S/C9H8N2O4/c1-14-8(13)4-2-5-7(3-6(4)12)15-9(10)11-5/h2-3,12H,1H3,(H2,10,11). The van der Waals surface area contributed by atoms with Gasteiger partial charge in [0.25, 0.3) is 6.01 Å². The zero-order valence-corrected chi connectivity index (χ0v) is 7.85. The number of rotatable bonds is 1. The van der Waals surface area contributed by atoms with E-state index in [1.54, 1.807) is 0 Å². The molecule has 6 heteroatoms. The number of benzene rings is 1. The van der Waals surface area contributed by atoms with Gasteiger partial charge in [-0.15, -0.1) is 0 Å². The first kappa shape index (κ1) is 9.32. The number of methoxy groups -OCH3 is 1. The number of carbonyl (C=O) groups is 1. The van der Waals surface area contributed by atoms with Crippen molar-refractivity contribution < 1.29 is 19.1 Å². The highest BCUT2D eigenvalue weighted by Crippen LogP contribution is 2.26. The number of nitrogens with two attached hydrogens (primary N) is 1. The second-order valence-corrected chi connectivity index (χ2v) is 2.88. The summed E-state index contributed by atoms with van der Waals surface area (Å²) in [5.41, 5.74) is 6.06. The largest absolute Gasteiger partial charge is 0.507 e. The number of phenols is 1. The van der Waals surface area contributed by atoms with Crippen LogP contribution in [0.15, 0.2) is 16.5 Å². The molecular formula is C9H8N2O4. The quantitative estimate of drug-likeness (QED) is 0.675. The van der Waals surface area contributed by atoms with Crippen LogP contribution >= 0.6 is 0 Å². The molecule has 0 aliphatic carbocycles. The van der Waals surface area contributed by atoms with Gasteiger partial charge in [-0.1, -0.05) is 0 Å². The molecule has 0 saturated carbocycles. The highest BCUT2D eigenvalue weighted by molar-refractivity contribution is 5.96. The molecule has 0 radical (unpaired) electrons. The van der Waals surface area contributed by atoms with Gasteiger partial charge < -0.3 is 20.0 Å². The Morgan fingerprint density at radius 3 is 3.00 bits per heavy atom. The van der Waals surface area contributed by atoms with E-state index < -0.39 is 5.97 Å². The SMILES string of the molecule is COC(=O)c1cc2nc(N)oc2cc1O. The Labute approximate surface area is 84.3 Å². The minimum Gasteiger partial charge on any atom is -0.507 e. The predicted octanol–water partition coefficient (Wildman–Crippen LogP) is 0.902. The van der Waals surface area contributed by atoms with Crippen molar-refractivity contribution in [3.63, 3.8) is 0 Å². The maximum atomic E-state index is 11.2. The van der Waals surface area contributed by atoms with Gasteiger partial charge in [-0.05, 0) is 6.07 Å². The lowest BCUT2D eigenvalue weighted by Crippen LogP contribution is -2.01. The molecule has 2 aromatic rings. The molecule has 1 aromatic heterocycles. The molecule has 0 amide bonds. The normalized spacial score (nSPS) is 10.5. The number of anilines is 1. The van der Waals surface area contributed by atoms with Crippen molar-refractivity contribution in [1.82, 2.24) is 4.98 Å². The molecule has 0 aliphatic rings. The Bertz CT molecular complexity index is 532. The van der Waals surface area contributed by atoms with E-state index in [-0.39, 0.29) is 17.3 Å². The average Bonchev–Trinajstić information content (AvgIpc) is 2.55. The van der Waals surface area contributed by atoms with E-state index >= 15 is 0 Å². The van der Waals surface area contributed by atoms with E-state index in [1.165, 1.54) is 19.2 Å². The van der Waals surface area contributed by atoms with Crippen molar-refractivity contribution in [3.05, 3.63) is 17.7 Å². The first-order valence-corrected chi connectivity index (χ1v) is 4.09. The van der Waals surface area contributed by atoms with Crippen molar-refractivity contribution in [2.45, 2.75) is 0 Å². The third kappa shape index (κ3) is 1.45. The van der Waals surface area contributed by atoms with Crippen LogP contribution in [0.3, 0.4) is 0 Å². The summed E-state index contributed by atoms with van der Waals surface area (Å²) in [7, 11) is 1.23. The summed E-state index contributed by atoms with van der Waals surface area (Å²) in [6.07, 6.45) is 0. The monoisotopic (exact) mass is 208 g/mol. The van der Waals surface area contributed by atoms with Crippen LogP contribution in [-0.4, -0.2) is 23.2 Å². The fraction of sp³-hybridized carbons (Fsp3) is 0.111. The molecule has 1 heterocycles. The van der Waals surface area contributed by atoms with Gasteiger partial charge in [0.1, 0.15) is 16.8 Å². The minimum absolute atomic E-state index is 0.0218. The van der Waals surface area contributed by atoms with Crippen LogP contribution in [0.25, 0.3) is 11.1 Å². The van der Waals surface area contributed by atoms with Crippen molar-refractivity contribution in [2.75, 3.05) is 12.8 Å². The van der Waals surface area contributed by atoms with Gasteiger partial charge in [0.05, 0.1) is 7.11 Å². The second-order valence-electron chi connectivity index (χ2n) is 2.88. The number of ether oxygens (including phenoxy) is 1. The molecule has 0 fully saturated rings. The average molecular weight is 208 g/mol. The third-order valence-corrected chi connectivity index (χ3v) is 1.93. The lowest BCUT2D eigenvalue weighted by molar-refractivity contribution is 0.0597. The van der Waals surface area contributed by atoms with Crippen molar-refractivity contribution in [3.8, 4) is 5.75 Å². The number of fused-ring (bicyclic) bond motifs is 1. The van der Waals surface area contributed by atoms with Gasteiger partial charge in [-0.25, -0.2) is 4.79 Å². The molecule has 6 nitrogen and oxygen atoms in total. The fourth-order valence-electron chi connectivity index (χ4n) is 1.25. The fourth-order valence-corrected chi connectivity index (χ4v) is 1.25. The molecule has 78 valence electrons. The van der Waals surface area contributed by atoms with E-state index in [2.05, 4.69) is 9.72 Å². The number of nitrogen functional groups attached to an aromatic ring is 1. The van der Waals surface area contributed by atoms with Gasteiger partial charge in [0.2, 0.25) is 0 Å². The minimum atomic E-state index is -0.643. The number of oxazole rings is 1. The number of nitrogens with zero attached hydrogens (tertiary/aromatic N) is 1. The van der Waals surface area contributed by atoms with E-state index in [0.29, 0.717) is 11.1 Å². The van der Waals surface area contributed by atoms with Crippen LogP contribution in [0.4, 0.5) is 6.01 Å². The smallest absolute Gasteiger partial charge is 0.341 e. The number of phenolic OH excluding ortho intramolecular Hbond substituents is 1. The summed E-state index contributed by atoms with van der Waals surface area (Å²) < 4.78 is 9.46. The molecule has 0 spiro atoms. The van der Waals surface area contributed by atoms with E-state index in [0.717, 1.165) is 0 Å². The summed E-state index contributed by atoms with van der Waals surface area (Å²) in [5.74, 6) is -0.874. The van der Waals surface area contributed by atoms with Crippen LogP contribution in [-0.2, 0) is 4.74 Å². The van der Waals surface area contributed by atoms with Crippen molar-refractivity contribution in [1.29, 1.82) is 0 Å². The van der Waals surface area contributed by atoms with E-state index in [1.807, 2.05) is 0 Å². The number of aromatic hydroxyl groups is 1. The van der Waals surface area contributed by atoms with Gasteiger partial charge in [-0.2, -0.15) is 4.98 Å². The Kier molecular flexibility index (Phi) is 1.96. The van der Waals surface area contributed by atoms with Crippen LogP contribution in [0.2, 0.25) is 0 Å². The summed E-state index contributed by atoms with van der Waals surface area (Å²) in [6, 6.07) is 2.60. The molecule has 0 bridgehead atoms. The Hall–Kier alpha value is -2.24. The zero-order chi connectivity index (χ0) is 11.0. The summed E-state index contributed by atoms with van der Waals surface area (Å²) in [5, 5.41) is 9.49. The van der Waals surface area contributed by atoms with Gasteiger partial charge in [0, 0.05) is 6.07 Å². The van der Waals surface area contributed by atoms with Gasteiger partial charge in [0.15, 0.2) is 5.58 Å². The molecule has 0 unspecified atom stereocenters. The maximum absolute atomic E-state index is 11.2. The lowest BCUT2D eigenvalue weighted by Gasteiger charge is -2.00. The van der Waals surface area contributed by atoms with Crippen molar-refractivity contribution in [2.24, 2.45) is 0 Å². The summed E-state index contributed by atoms with van der Waals surface area (Å²) in [6.45, 7) is 0. The molecule has 3 N–H and O–H groups in total. The number of hydrogen-bond acceptors (Lipinski definition) is 6. The van der Waals surface area contributed by atoms with Crippen LogP contribution < -0.4 is 5.73 Å². The Morgan fingerprint density at radius 2 is 2.33 bits per heavy atom. The maximum Gasteiger partial charge on any atom is 0.341 e. The molecule has 15 heavy (non-hydrogen) atoms. The third-order valence-electron chi connectivity index (χ3n) is 1.93. The summed E-state index contributed by atoms with van der Waals surface area (Å²) >= 11 is 0. The highest BCUT2D eigenvalue weighted by atomic mass is 16.5. The second kappa shape index (κ2) is 3.16. The highest BCUT2D eigenvalue weighted by Gasteiger charge is 2.15. The topological polar surface area (TPSA) is 98.6 Å². The number of hydrogen-bond donors (Lipinski definition) is 2. The molecule has 1 aromatic carbocycles. The summed E-state index contributed by atoms with van der Waals surface area (Å²) in [4.78, 5) is 15.0. The number of carbonyl (C=O) groups excluding carboxylic acids is 1. The zero-order valence-electron chi connectivity index (χ0n) is 7.85. The lowest BCUT2D eigenvalue weighted by atomic mass is 10.2. The first-order valence-electron chi connectivity index (χ1n) is 4.09. The molecule has 0 atom stereocenters. The van der Waals surface area contributed by atoms with Crippen molar-refractivity contribution >= 4 is 23.1 Å².